The summed E-state index contributed by atoms with van der Waals surface area (Å²) in [6, 6.07) is 30.0. The van der Waals surface area contributed by atoms with Crippen LogP contribution in [0.2, 0.25) is 0 Å². The van der Waals surface area contributed by atoms with Gasteiger partial charge in [0.25, 0.3) is 11.8 Å². The molecule has 20 heteroatoms. The van der Waals surface area contributed by atoms with E-state index in [1.165, 1.54) is 57.4 Å². The number of carbonyl (C=O) groups is 2. The van der Waals surface area contributed by atoms with Crippen LogP contribution in [-0.4, -0.2) is 93.0 Å². The van der Waals surface area contributed by atoms with E-state index in [-0.39, 0.29) is 60.3 Å². The number of thioether (sulfide) groups is 2. The van der Waals surface area contributed by atoms with Gasteiger partial charge in [-0.15, -0.1) is 23.5 Å². The third kappa shape index (κ3) is 7.32. The van der Waals surface area contributed by atoms with Crippen molar-refractivity contribution in [3.05, 3.63) is 210 Å². The van der Waals surface area contributed by atoms with Crippen molar-refractivity contribution in [2.75, 3.05) is 49.5 Å². The van der Waals surface area contributed by atoms with E-state index in [1.807, 2.05) is 82.8 Å². The summed E-state index contributed by atoms with van der Waals surface area (Å²) in [5.74, 6) is -5.57. The molecule has 0 spiro atoms. The predicted octanol–water partition coefficient (Wildman–Crippen LogP) is 8.26. The largest absolute Gasteiger partial charge is 0.502 e. The van der Waals surface area contributed by atoms with E-state index >= 15 is 8.78 Å². The topological polar surface area (TPSA) is 150 Å². The maximum absolute atomic E-state index is 15.4. The van der Waals surface area contributed by atoms with Gasteiger partial charge in [-0.25, -0.2) is 17.6 Å². The molecule has 6 aliphatic rings. The second kappa shape index (κ2) is 18.5. The van der Waals surface area contributed by atoms with Crippen LogP contribution in [0, 0.1) is 23.3 Å². The summed E-state index contributed by atoms with van der Waals surface area (Å²) >= 11 is 2.87. The molecule has 76 heavy (non-hydrogen) atoms. The number of pyridine rings is 2. The maximum Gasteiger partial charge on any atom is 0.278 e. The van der Waals surface area contributed by atoms with E-state index in [9.17, 15) is 38.2 Å². The van der Waals surface area contributed by atoms with Crippen molar-refractivity contribution in [1.82, 2.24) is 19.2 Å². The summed E-state index contributed by atoms with van der Waals surface area (Å²) < 4.78 is 74.3. The molecule has 6 aliphatic heterocycles. The minimum Gasteiger partial charge on any atom is -0.502 e. The third-order valence-corrected chi connectivity index (χ3v) is 17.4. The number of morpholine rings is 2. The Balaban J connectivity index is 0.000000146. The lowest BCUT2D eigenvalue weighted by molar-refractivity contribution is -0.0198. The average Bonchev–Trinajstić information content (AvgIpc) is 3.75. The number of aromatic nitrogens is 2. The highest BCUT2D eigenvalue weighted by molar-refractivity contribution is 7.99. The Bertz CT molecular complexity index is 3670. The highest BCUT2D eigenvalue weighted by Gasteiger charge is 2.48. The molecule has 0 saturated carbocycles. The first kappa shape index (κ1) is 47.9. The Morgan fingerprint density at radius 1 is 0.500 bits per heavy atom. The molecular weight excluding hydrogens is 1020 g/mol. The second-order valence-electron chi connectivity index (χ2n) is 19.0. The first-order valence-electron chi connectivity index (χ1n) is 24.4. The molecule has 14 rings (SSSR count). The van der Waals surface area contributed by atoms with E-state index in [2.05, 4.69) is 0 Å². The van der Waals surface area contributed by atoms with Crippen LogP contribution in [0.25, 0.3) is 21.5 Å². The van der Waals surface area contributed by atoms with E-state index in [4.69, 9.17) is 9.47 Å². The Labute approximate surface area is 437 Å². The molecule has 2 fully saturated rings. The number of ether oxygens (including phenoxy) is 2. The number of hydrogen-bond donors (Lipinski definition) is 2. The lowest BCUT2D eigenvalue weighted by atomic mass is 9.91. The zero-order valence-corrected chi connectivity index (χ0v) is 41.5. The minimum absolute atomic E-state index is 0.156. The Kier molecular flexibility index (Phi) is 11.7. The SMILES string of the molecule is O=C1c2c(O)c(=O)ccn2N([C@@H]2c3ccc(F)c(F)c3CSc3c2ccc2ccccc32)[C@H]2COCCN12.O=C1c2c(O)c(=O)ccn2N([C@H]2c3ccc(F)c(F)c3CSc3c2ccc2ccccc32)[C@@H]2COCCN12. The van der Waals surface area contributed by atoms with E-state index in [0.29, 0.717) is 24.3 Å². The molecule has 8 aromatic rings. The van der Waals surface area contributed by atoms with Gasteiger partial charge in [0.15, 0.2) is 46.2 Å². The lowest BCUT2D eigenvalue weighted by Crippen LogP contribution is -2.66. The molecule has 2 amide bonds. The van der Waals surface area contributed by atoms with Crippen molar-refractivity contribution in [3.8, 4) is 11.5 Å². The monoisotopic (exact) mass is 1070 g/mol. The summed E-state index contributed by atoms with van der Waals surface area (Å²) in [6.45, 7) is 1.41. The molecule has 2 aromatic heterocycles. The molecule has 0 bridgehead atoms. The summed E-state index contributed by atoms with van der Waals surface area (Å²) in [5.41, 5.74) is 1.52. The standard InChI is InChI=1S/2C28H21F2N3O4S/c2*29-20-8-7-17-19(23(20)30)14-38-27-16-4-2-1-3-15(16)5-6-18(27)24(17)33-22-13-37-12-11-31(22)28(36)25-26(35)21(34)9-10-32(25)33/h2*1-10,22,24,35H,11-14H2/t2*22-,24+/m10/s1. The van der Waals surface area contributed by atoms with Crippen LogP contribution in [0.5, 0.6) is 11.5 Å². The predicted molar refractivity (Wildman–Crippen MR) is 276 cm³/mol. The van der Waals surface area contributed by atoms with Crippen molar-refractivity contribution in [3.63, 3.8) is 0 Å². The summed E-state index contributed by atoms with van der Waals surface area (Å²) in [5, 5.41) is 29.1. The average molecular weight is 1070 g/mol. The van der Waals surface area contributed by atoms with E-state index in [1.54, 1.807) is 21.9 Å². The quantitative estimate of drug-likeness (QED) is 0.161. The summed E-state index contributed by atoms with van der Waals surface area (Å²) in [7, 11) is 0. The number of fused-ring (bicyclic) bond motifs is 12. The number of amides is 2. The van der Waals surface area contributed by atoms with Crippen molar-refractivity contribution in [2.24, 2.45) is 0 Å². The highest BCUT2D eigenvalue weighted by atomic mass is 32.2. The normalized spacial score (nSPS) is 20.4. The molecule has 2 saturated heterocycles. The molecule has 14 nitrogen and oxygen atoms in total. The van der Waals surface area contributed by atoms with Gasteiger partial charge in [0.05, 0.1) is 38.5 Å². The van der Waals surface area contributed by atoms with Gasteiger partial charge in [-0.1, -0.05) is 84.9 Å². The second-order valence-corrected chi connectivity index (χ2v) is 20.9. The molecular formula is C56H42F4N6O8S2. The van der Waals surface area contributed by atoms with Crippen LogP contribution >= 0.6 is 23.5 Å². The molecule has 8 heterocycles. The lowest BCUT2D eigenvalue weighted by Gasteiger charge is -2.51. The number of carbonyl (C=O) groups excluding carboxylic acids is 2. The van der Waals surface area contributed by atoms with Gasteiger partial charge >= 0.3 is 0 Å². The summed E-state index contributed by atoms with van der Waals surface area (Å²) in [4.78, 5) is 56.7. The van der Waals surface area contributed by atoms with Gasteiger partial charge in [0.2, 0.25) is 10.9 Å². The summed E-state index contributed by atoms with van der Waals surface area (Å²) in [6.07, 6.45) is 1.64. The van der Waals surface area contributed by atoms with Gasteiger partial charge in [0.1, 0.15) is 12.3 Å². The fourth-order valence-corrected chi connectivity index (χ4v) is 14.1. The van der Waals surface area contributed by atoms with Crippen molar-refractivity contribution in [2.45, 2.75) is 45.7 Å². The molecule has 0 unspecified atom stereocenters. The van der Waals surface area contributed by atoms with Gasteiger partial charge in [-0.2, -0.15) is 0 Å². The molecule has 384 valence electrons. The molecule has 0 aliphatic carbocycles. The first-order valence-corrected chi connectivity index (χ1v) is 26.3. The maximum atomic E-state index is 15.4. The van der Waals surface area contributed by atoms with Gasteiger partial charge < -0.3 is 29.5 Å². The zero-order valence-electron chi connectivity index (χ0n) is 39.9. The first-order chi connectivity index (χ1) is 36.9. The molecule has 0 radical (unpaired) electrons. The van der Waals surface area contributed by atoms with Crippen LogP contribution in [0.4, 0.5) is 17.6 Å². The number of rotatable bonds is 2. The van der Waals surface area contributed by atoms with Crippen LogP contribution in [0.15, 0.2) is 141 Å². The Morgan fingerprint density at radius 3 is 1.34 bits per heavy atom. The molecule has 6 aromatic carbocycles. The number of hydrogen-bond acceptors (Lipinski definition) is 12. The number of aromatic hydroxyl groups is 2. The van der Waals surface area contributed by atoms with Crippen molar-refractivity contribution >= 4 is 56.9 Å². The van der Waals surface area contributed by atoms with Crippen molar-refractivity contribution < 1.29 is 46.8 Å². The van der Waals surface area contributed by atoms with Crippen LogP contribution < -0.4 is 20.9 Å². The Morgan fingerprint density at radius 2 is 0.908 bits per heavy atom. The van der Waals surface area contributed by atoms with Crippen LogP contribution in [0.3, 0.4) is 0 Å². The number of halogens is 4. The molecule has 4 atom stereocenters. The minimum atomic E-state index is -0.933. The van der Waals surface area contributed by atoms with Gasteiger partial charge in [-0.3, -0.25) is 38.5 Å². The van der Waals surface area contributed by atoms with Crippen LogP contribution in [-0.2, 0) is 21.0 Å². The van der Waals surface area contributed by atoms with Crippen molar-refractivity contribution in [1.29, 1.82) is 0 Å². The highest BCUT2D eigenvalue weighted by Crippen LogP contribution is 2.50. The Hall–Kier alpha value is -7.78. The number of benzene rings is 6. The third-order valence-electron chi connectivity index (χ3n) is 15.1. The molecule has 2 N–H and O–H groups in total. The zero-order chi connectivity index (χ0) is 52.3. The number of nitrogens with zero attached hydrogens (tertiary/aromatic N) is 6. The van der Waals surface area contributed by atoms with Crippen LogP contribution in [0.1, 0.15) is 66.4 Å². The smallest absolute Gasteiger partial charge is 0.278 e. The van der Waals surface area contributed by atoms with Gasteiger partial charge in [0, 0.05) is 70.0 Å². The van der Waals surface area contributed by atoms with Gasteiger partial charge in [-0.05, 0) is 55.9 Å². The fourth-order valence-electron chi connectivity index (χ4n) is 11.6. The fraction of sp³-hybridized carbons (Fsp3) is 0.214. The van der Waals surface area contributed by atoms with E-state index < -0.39 is 81.9 Å². The van der Waals surface area contributed by atoms with E-state index in [0.717, 1.165) is 54.6 Å².